The topological polar surface area (TPSA) is 41.6 Å². The number of benzene rings is 2. The van der Waals surface area contributed by atoms with Gasteiger partial charge in [-0.2, -0.15) is 0 Å². The summed E-state index contributed by atoms with van der Waals surface area (Å²) in [7, 11) is 0. The number of hydrogen-bond acceptors (Lipinski definition) is 4. The van der Waals surface area contributed by atoms with E-state index in [4.69, 9.17) is 27.9 Å². The highest BCUT2D eigenvalue weighted by Crippen LogP contribution is 2.45. The van der Waals surface area contributed by atoms with Crippen LogP contribution in [0.15, 0.2) is 30.3 Å². The van der Waals surface area contributed by atoms with Gasteiger partial charge in [-0.15, -0.1) is 0 Å². The van der Waals surface area contributed by atoms with Gasteiger partial charge in [0.15, 0.2) is 0 Å². The lowest BCUT2D eigenvalue weighted by molar-refractivity contribution is 0.0832. The largest absolute Gasteiger partial charge is 0.489 e. The minimum absolute atomic E-state index is 0.0284. The second-order valence-corrected chi connectivity index (χ2v) is 9.57. The molecule has 1 amide bonds. The molecule has 1 N–H and O–H groups in total. The lowest BCUT2D eigenvalue weighted by Gasteiger charge is -2.33. The van der Waals surface area contributed by atoms with E-state index in [1.165, 1.54) is 6.07 Å². The molecule has 0 spiro atoms. The molecule has 1 saturated carbocycles. The summed E-state index contributed by atoms with van der Waals surface area (Å²) in [5.41, 5.74) is 2.12. The molecule has 0 bridgehead atoms. The van der Waals surface area contributed by atoms with Crippen molar-refractivity contribution in [2.24, 2.45) is 0 Å². The van der Waals surface area contributed by atoms with Crippen LogP contribution in [0.5, 0.6) is 5.75 Å². The molecule has 1 atom stereocenters. The third-order valence-electron chi connectivity index (χ3n) is 5.70. The first kappa shape index (κ1) is 22.7. The molecule has 2 aromatic rings. The van der Waals surface area contributed by atoms with Crippen molar-refractivity contribution >= 4 is 41.1 Å². The Hall–Kier alpha value is -1.47. The number of piperidine rings is 1. The van der Waals surface area contributed by atoms with Crippen LogP contribution in [0.2, 0.25) is 10.0 Å². The van der Waals surface area contributed by atoms with Gasteiger partial charge < -0.3 is 4.74 Å². The first-order chi connectivity index (χ1) is 14.9. The normalized spacial score (nSPS) is 19.3. The SMILES string of the molecule is CSNC(=O)c1cc(C2CC2)c(OC2CCCN(Cc3ccc(Cl)c(Cl)c3)C2)cc1F. The fourth-order valence-electron chi connectivity index (χ4n) is 4.04. The molecule has 2 aromatic carbocycles. The average Bonchev–Trinajstić information content (AvgIpc) is 3.56. The van der Waals surface area contributed by atoms with Gasteiger partial charge in [-0.05, 0) is 67.5 Å². The zero-order valence-corrected chi connectivity index (χ0v) is 19.6. The van der Waals surface area contributed by atoms with E-state index in [0.717, 1.165) is 68.4 Å². The van der Waals surface area contributed by atoms with Crippen LogP contribution in [0, 0.1) is 5.82 Å². The van der Waals surface area contributed by atoms with E-state index in [-0.39, 0.29) is 11.7 Å². The van der Waals surface area contributed by atoms with Crippen LogP contribution in [0.3, 0.4) is 0 Å². The molecule has 1 heterocycles. The molecule has 4 rings (SSSR count). The molecule has 1 unspecified atom stereocenters. The third kappa shape index (κ3) is 5.67. The standard InChI is InChI=1S/C23H25Cl2FN2O2S/c1-31-27-23(29)18-10-17(15-5-6-15)22(11-21(18)26)30-16-3-2-8-28(13-16)12-14-4-7-19(24)20(25)9-14/h4,7,9-11,15-16H,2-3,5-6,8,12-13H2,1H3,(H,27,29). The van der Waals surface area contributed by atoms with E-state index in [1.54, 1.807) is 12.3 Å². The molecular weight excluding hydrogens is 458 g/mol. The Kier molecular flexibility index (Phi) is 7.32. The Morgan fingerprint density at radius 3 is 2.74 bits per heavy atom. The number of hydrogen-bond donors (Lipinski definition) is 1. The summed E-state index contributed by atoms with van der Waals surface area (Å²) in [4.78, 5) is 14.5. The fourth-order valence-corrected chi connectivity index (χ4v) is 4.65. The Morgan fingerprint density at radius 1 is 1.23 bits per heavy atom. The minimum Gasteiger partial charge on any atom is -0.489 e. The van der Waals surface area contributed by atoms with Gasteiger partial charge in [0, 0.05) is 25.4 Å². The predicted octanol–water partition coefficient (Wildman–Crippen LogP) is 6.06. The first-order valence-corrected chi connectivity index (χ1v) is 12.4. The monoisotopic (exact) mass is 482 g/mol. The number of rotatable bonds is 7. The van der Waals surface area contributed by atoms with Gasteiger partial charge in [0.25, 0.3) is 5.91 Å². The predicted molar refractivity (Wildman–Crippen MR) is 125 cm³/mol. The summed E-state index contributed by atoms with van der Waals surface area (Å²) >= 11 is 13.3. The van der Waals surface area contributed by atoms with Crippen molar-refractivity contribution in [3.8, 4) is 5.75 Å². The summed E-state index contributed by atoms with van der Waals surface area (Å²) in [6, 6.07) is 8.76. The Bertz CT molecular complexity index is 971. The van der Waals surface area contributed by atoms with E-state index in [2.05, 4.69) is 9.62 Å². The van der Waals surface area contributed by atoms with E-state index in [0.29, 0.717) is 21.7 Å². The highest BCUT2D eigenvalue weighted by Gasteiger charge is 2.31. The van der Waals surface area contributed by atoms with Gasteiger partial charge in [-0.3, -0.25) is 14.4 Å². The lowest BCUT2D eigenvalue weighted by Crippen LogP contribution is -2.40. The zero-order valence-electron chi connectivity index (χ0n) is 17.3. The van der Waals surface area contributed by atoms with Crippen LogP contribution >= 0.6 is 35.1 Å². The van der Waals surface area contributed by atoms with E-state index < -0.39 is 11.7 Å². The van der Waals surface area contributed by atoms with Crippen molar-refractivity contribution in [2.75, 3.05) is 19.3 Å². The van der Waals surface area contributed by atoms with Gasteiger partial charge in [-0.25, -0.2) is 4.39 Å². The molecular formula is C23H25Cl2FN2O2S. The average molecular weight is 483 g/mol. The molecule has 2 fully saturated rings. The fraction of sp³-hybridized carbons (Fsp3) is 0.435. The Labute approximate surface area is 196 Å². The van der Waals surface area contributed by atoms with Gasteiger partial charge >= 0.3 is 0 Å². The van der Waals surface area contributed by atoms with E-state index in [1.807, 2.05) is 18.2 Å². The number of nitrogens with zero attached hydrogens (tertiary/aromatic N) is 1. The molecule has 4 nitrogen and oxygen atoms in total. The quantitative estimate of drug-likeness (QED) is 0.486. The van der Waals surface area contributed by atoms with E-state index in [9.17, 15) is 9.18 Å². The van der Waals surface area contributed by atoms with Gasteiger partial charge in [-0.1, -0.05) is 41.2 Å². The lowest BCUT2D eigenvalue weighted by atomic mass is 10.0. The first-order valence-electron chi connectivity index (χ1n) is 10.4. The highest BCUT2D eigenvalue weighted by molar-refractivity contribution is 7.97. The Balaban J connectivity index is 1.47. The molecule has 31 heavy (non-hydrogen) atoms. The maximum Gasteiger partial charge on any atom is 0.264 e. The number of carbonyl (C=O) groups is 1. The third-order valence-corrected chi connectivity index (χ3v) is 6.83. The summed E-state index contributed by atoms with van der Waals surface area (Å²) in [5.74, 6) is -0.0484. The number of halogens is 3. The molecule has 1 aliphatic heterocycles. The summed E-state index contributed by atoms with van der Waals surface area (Å²) in [6.07, 6.45) is 5.71. The van der Waals surface area contributed by atoms with E-state index >= 15 is 0 Å². The van der Waals surface area contributed by atoms with Crippen molar-refractivity contribution in [3.63, 3.8) is 0 Å². The van der Waals surface area contributed by atoms with Crippen LogP contribution in [0.4, 0.5) is 4.39 Å². The van der Waals surface area contributed by atoms with Gasteiger partial charge in [0.2, 0.25) is 0 Å². The van der Waals surface area contributed by atoms with Crippen molar-refractivity contribution in [1.29, 1.82) is 0 Å². The van der Waals surface area contributed by atoms with Crippen LogP contribution in [0.25, 0.3) is 0 Å². The summed E-state index contributed by atoms with van der Waals surface area (Å²) in [5, 5.41) is 1.11. The highest BCUT2D eigenvalue weighted by atomic mass is 35.5. The molecule has 166 valence electrons. The second kappa shape index (κ2) is 9.99. The van der Waals surface area contributed by atoms with Crippen molar-refractivity contribution in [2.45, 2.75) is 44.2 Å². The second-order valence-electron chi connectivity index (χ2n) is 8.15. The molecule has 0 radical (unpaired) electrons. The number of carbonyl (C=O) groups excluding carboxylic acids is 1. The maximum absolute atomic E-state index is 14.7. The molecule has 2 aliphatic rings. The van der Waals surface area contributed by atoms with Crippen molar-refractivity contribution < 1.29 is 13.9 Å². The van der Waals surface area contributed by atoms with Crippen LogP contribution in [-0.2, 0) is 6.54 Å². The molecule has 0 aromatic heterocycles. The summed E-state index contributed by atoms with van der Waals surface area (Å²) in [6.45, 7) is 2.48. The van der Waals surface area contributed by atoms with Gasteiger partial charge in [0.05, 0.1) is 15.6 Å². The molecule has 1 saturated heterocycles. The zero-order chi connectivity index (χ0) is 22.0. The Morgan fingerprint density at radius 2 is 2.03 bits per heavy atom. The van der Waals surface area contributed by atoms with Crippen molar-refractivity contribution in [3.05, 3.63) is 62.9 Å². The number of amides is 1. The number of ether oxygens (including phenoxy) is 1. The number of nitrogens with one attached hydrogen (secondary N) is 1. The smallest absolute Gasteiger partial charge is 0.264 e. The molecule has 1 aliphatic carbocycles. The summed E-state index contributed by atoms with van der Waals surface area (Å²) < 4.78 is 23.6. The van der Waals surface area contributed by atoms with Crippen LogP contribution in [-0.4, -0.2) is 36.3 Å². The van der Waals surface area contributed by atoms with Crippen molar-refractivity contribution in [1.82, 2.24) is 9.62 Å². The minimum atomic E-state index is -0.547. The maximum atomic E-state index is 14.7. The van der Waals surface area contributed by atoms with Crippen LogP contribution in [0.1, 0.15) is 53.1 Å². The molecule has 8 heteroatoms. The number of likely N-dealkylation sites (tertiary alicyclic amines) is 1. The van der Waals surface area contributed by atoms with Crippen LogP contribution < -0.4 is 9.46 Å². The van der Waals surface area contributed by atoms with Gasteiger partial charge in [0.1, 0.15) is 17.7 Å².